The number of anilines is 1. The normalized spacial score (nSPS) is 29.4. The number of hydrogen-bond acceptors (Lipinski definition) is 3. The molecule has 0 spiro atoms. The summed E-state index contributed by atoms with van der Waals surface area (Å²) in [6, 6.07) is 4.96. The van der Waals surface area contributed by atoms with Crippen LogP contribution >= 0.6 is 11.6 Å². The quantitative estimate of drug-likeness (QED) is 0.893. The summed E-state index contributed by atoms with van der Waals surface area (Å²) in [5.74, 6) is -1.38. The van der Waals surface area contributed by atoms with E-state index in [-0.39, 0.29) is 17.7 Å². The number of nitrogens with one attached hydrogen (secondary N) is 1. The fraction of sp³-hybridized carbons (Fsp3) is 0.500. The van der Waals surface area contributed by atoms with Gasteiger partial charge in [-0.3, -0.25) is 9.59 Å². The van der Waals surface area contributed by atoms with E-state index in [2.05, 4.69) is 5.32 Å². The minimum atomic E-state index is -0.870. The predicted molar refractivity (Wildman–Crippen MR) is 82.1 cm³/mol. The monoisotopic (exact) mass is 323 g/mol. The van der Waals surface area contributed by atoms with Gasteiger partial charge in [0.15, 0.2) is 0 Å². The fourth-order valence-electron chi connectivity index (χ4n) is 4.02. The first kappa shape index (κ1) is 15.2. The second-order valence-corrected chi connectivity index (χ2v) is 6.49. The van der Waals surface area contributed by atoms with Gasteiger partial charge in [0.1, 0.15) is 5.75 Å². The smallest absolute Gasteiger partial charge is 0.307 e. The molecule has 3 rings (SSSR count). The van der Waals surface area contributed by atoms with Gasteiger partial charge < -0.3 is 15.2 Å². The van der Waals surface area contributed by atoms with Crippen LogP contribution in [0.5, 0.6) is 5.75 Å². The summed E-state index contributed by atoms with van der Waals surface area (Å²) in [7, 11) is 1.51. The molecule has 0 unspecified atom stereocenters. The number of ether oxygens (including phenoxy) is 1. The first-order valence-corrected chi connectivity index (χ1v) is 7.76. The first-order chi connectivity index (χ1) is 10.5. The van der Waals surface area contributed by atoms with Crippen LogP contribution in [0.25, 0.3) is 0 Å². The number of carboxylic acids is 1. The largest absolute Gasteiger partial charge is 0.495 e. The average molecular weight is 324 g/mol. The van der Waals surface area contributed by atoms with E-state index >= 15 is 0 Å². The van der Waals surface area contributed by atoms with Gasteiger partial charge in [-0.15, -0.1) is 0 Å². The molecule has 1 aromatic carbocycles. The number of rotatable bonds is 4. The lowest BCUT2D eigenvalue weighted by Crippen LogP contribution is -2.37. The van der Waals surface area contributed by atoms with Gasteiger partial charge in [-0.05, 0) is 49.3 Å². The third-order valence-corrected chi connectivity index (χ3v) is 5.16. The van der Waals surface area contributed by atoms with E-state index in [0.29, 0.717) is 16.5 Å². The third kappa shape index (κ3) is 2.54. The maximum absolute atomic E-state index is 12.6. The van der Waals surface area contributed by atoms with Crippen LogP contribution in [0.3, 0.4) is 0 Å². The molecule has 0 heterocycles. The highest BCUT2D eigenvalue weighted by Gasteiger charge is 2.54. The Morgan fingerprint density at radius 1 is 1.27 bits per heavy atom. The lowest BCUT2D eigenvalue weighted by Gasteiger charge is -2.27. The molecule has 1 amide bonds. The molecule has 0 saturated heterocycles. The predicted octanol–water partition coefficient (Wildman–Crippen LogP) is 3.03. The molecule has 2 fully saturated rings. The van der Waals surface area contributed by atoms with E-state index in [9.17, 15) is 14.7 Å². The highest BCUT2D eigenvalue weighted by atomic mass is 35.5. The van der Waals surface area contributed by atoms with Crippen LogP contribution in [0.2, 0.25) is 5.02 Å². The van der Waals surface area contributed by atoms with Crippen LogP contribution in [-0.4, -0.2) is 24.1 Å². The molecule has 22 heavy (non-hydrogen) atoms. The van der Waals surface area contributed by atoms with Crippen molar-refractivity contribution in [2.45, 2.75) is 19.3 Å². The van der Waals surface area contributed by atoms with Crippen LogP contribution in [0.1, 0.15) is 19.3 Å². The standard InChI is InChI=1S/C16H18ClNO4/c1-22-12-5-4-10(17)7-11(12)18-15(19)13-8-2-3-9(6-8)14(13)16(20)21/h4-5,7-9,13-14H,2-3,6H2,1H3,(H,18,19)(H,20,21)/t8-,9+,13+,14+/m1/s1. The molecule has 0 aliphatic heterocycles. The average Bonchev–Trinajstić information content (AvgIpc) is 3.08. The van der Waals surface area contributed by atoms with Crippen molar-refractivity contribution in [2.75, 3.05) is 12.4 Å². The molecule has 2 saturated carbocycles. The fourth-order valence-corrected chi connectivity index (χ4v) is 4.19. The highest BCUT2D eigenvalue weighted by molar-refractivity contribution is 6.31. The van der Waals surface area contributed by atoms with Crippen molar-refractivity contribution < 1.29 is 19.4 Å². The van der Waals surface area contributed by atoms with Crippen molar-refractivity contribution in [2.24, 2.45) is 23.7 Å². The first-order valence-electron chi connectivity index (χ1n) is 7.38. The molecular weight excluding hydrogens is 306 g/mol. The molecule has 1 aromatic rings. The molecule has 118 valence electrons. The summed E-state index contributed by atoms with van der Waals surface area (Å²) in [6.07, 6.45) is 2.67. The Labute approximate surface area is 133 Å². The van der Waals surface area contributed by atoms with Gasteiger partial charge in [0, 0.05) is 5.02 Å². The van der Waals surface area contributed by atoms with E-state index in [1.807, 2.05) is 0 Å². The van der Waals surface area contributed by atoms with E-state index in [0.717, 1.165) is 19.3 Å². The van der Waals surface area contributed by atoms with Crippen molar-refractivity contribution in [1.29, 1.82) is 0 Å². The minimum absolute atomic E-state index is 0.125. The number of aliphatic carboxylic acids is 1. The number of carboxylic acid groups (broad SMARTS) is 1. The molecule has 2 bridgehead atoms. The third-order valence-electron chi connectivity index (χ3n) is 4.92. The van der Waals surface area contributed by atoms with Gasteiger partial charge in [0.05, 0.1) is 24.6 Å². The molecule has 2 aliphatic rings. The molecule has 2 N–H and O–H groups in total. The molecule has 4 atom stereocenters. The Hall–Kier alpha value is -1.75. The summed E-state index contributed by atoms with van der Waals surface area (Å²) < 4.78 is 5.21. The number of benzene rings is 1. The zero-order valence-electron chi connectivity index (χ0n) is 12.2. The van der Waals surface area contributed by atoms with Gasteiger partial charge in [0.25, 0.3) is 0 Å². The highest BCUT2D eigenvalue weighted by Crippen LogP contribution is 2.52. The topological polar surface area (TPSA) is 75.6 Å². The zero-order valence-corrected chi connectivity index (χ0v) is 13.0. The summed E-state index contributed by atoms with van der Waals surface area (Å²) >= 11 is 5.96. The van der Waals surface area contributed by atoms with Crippen molar-refractivity contribution in [3.8, 4) is 5.75 Å². The number of amides is 1. The van der Waals surface area contributed by atoms with Crippen LogP contribution in [0.15, 0.2) is 18.2 Å². The SMILES string of the molecule is COc1ccc(Cl)cc1NC(=O)[C@H]1[C@@H]2CC[C@@H](C2)[C@@H]1C(=O)O. The Balaban J connectivity index is 1.82. The molecule has 2 aliphatic carbocycles. The molecule has 5 nitrogen and oxygen atoms in total. The number of halogens is 1. The van der Waals surface area contributed by atoms with Crippen LogP contribution in [0.4, 0.5) is 5.69 Å². The van der Waals surface area contributed by atoms with Crippen molar-refractivity contribution in [3.63, 3.8) is 0 Å². The van der Waals surface area contributed by atoms with Crippen LogP contribution in [0, 0.1) is 23.7 Å². The number of methoxy groups -OCH3 is 1. The van der Waals surface area contributed by atoms with Gasteiger partial charge >= 0.3 is 5.97 Å². The second kappa shape index (κ2) is 5.80. The maximum atomic E-state index is 12.6. The Bertz CT molecular complexity index is 618. The molecular formula is C16H18ClNO4. The molecule has 0 radical (unpaired) electrons. The Morgan fingerprint density at radius 3 is 2.59 bits per heavy atom. The maximum Gasteiger partial charge on any atom is 0.307 e. The minimum Gasteiger partial charge on any atom is -0.495 e. The van der Waals surface area contributed by atoms with Crippen molar-refractivity contribution >= 4 is 29.2 Å². The number of carbonyl (C=O) groups excluding carboxylic acids is 1. The van der Waals surface area contributed by atoms with Crippen molar-refractivity contribution in [3.05, 3.63) is 23.2 Å². The summed E-state index contributed by atoms with van der Waals surface area (Å²) in [4.78, 5) is 24.1. The van der Waals surface area contributed by atoms with Crippen LogP contribution in [-0.2, 0) is 9.59 Å². The molecule has 6 heteroatoms. The van der Waals surface area contributed by atoms with E-state index in [4.69, 9.17) is 16.3 Å². The second-order valence-electron chi connectivity index (χ2n) is 6.06. The van der Waals surface area contributed by atoms with Gasteiger partial charge in [0.2, 0.25) is 5.91 Å². The van der Waals surface area contributed by atoms with E-state index < -0.39 is 17.8 Å². The zero-order chi connectivity index (χ0) is 15.9. The van der Waals surface area contributed by atoms with Gasteiger partial charge in [-0.25, -0.2) is 0 Å². The van der Waals surface area contributed by atoms with E-state index in [1.54, 1.807) is 18.2 Å². The summed E-state index contributed by atoms with van der Waals surface area (Å²) in [6.45, 7) is 0. The number of hydrogen-bond donors (Lipinski definition) is 2. The van der Waals surface area contributed by atoms with E-state index in [1.165, 1.54) is 7.11 Å². The van der Waals surface area contributed by atoms with Gasteiger partial charge in [-0.2, -0.15) is 0 Å². The summed E-state index contributed by atoms with van der Waals surface area (Å²) in [5.41, 5.74) is 0.479. The summed E-state index contributed by atoms with van der Waals surface area (Å²) in [5, 5.41) is 12.7. The van der Waals surface area contributed by atoms with Crippen molar-refractivity contribution in [1.82, 2.24) is 0 Å². The van der Waals surface area contributed by atoms with Gasteiger partial charge in [-0.1, -0.05) is 11.6 Å². The van der Waals surface area contributed by atoms with Crippen LogP contribution < -0.4 is 10.1 Å². The number of carbonyl (C=O) groups is 2. The number of fused-ring (bicyclic) bond motifs is 2. The lowest BCUT2D eigenvalue weighted by atomic mass is 9.78. The Kier molecular flexibility index (Phi) is 4.00. The Morgan fingerprint density at radius 2 is 1.95 bits per heavy atom. The lowest BCUT2D eigenvalue weighted by molar-refractivity contribution is -0.148. The molecule has 0 aromatic heterocycles.